The summed E-state index contributed by atoms with van der Waals surface area (Å²) in [5.74, 6) is -1.10. The van der Waals surface area contributed by atoms with Crippen molar-refractivity contribution in [1.82, 2.24) is 9.97 Å². The number of rotatable bonds is 2. The molecule has 0 spiro atoms. The lowest BCUT2D eigenvalue weighted by molar-refractivity contribution is 0.0690. The Bertz CT molecular complexity index is 270. The van der Waals surface area contributed by atoms with E-state index < -0.39 is 17.1 Å². The Morgan fingerprint density at radius 1 is 1.91 bits per heavy atom. The van der Waals surface area contributed by atoms with Crippen LogP contribution in [-0.4, -0.2) is 31.9 Å². The Morgan fingerprint density at radius 2 is 2.55 bits per heavy atom. The fraction of sp³-hybridized carbons (Fsp3) is 0.200. The highest BCUT2D eigenvalue weighted by Gasteiger charge is 2.12. The fourth-order valence-corrected chi connectivity index (χ4v) is 1.01. The van der Waals surface area contributed by atoms with Crippen LogP contribution >= 0.6 is 0 Å². The van der Waals surface area contributed by atoms with Crippen LogP contribution in [0.5, 0.6) is 0 Å². The first kappa shape index (κ1) is 8.09. The van der Waals surface area contributed by atoms with E-state index in [1.54, 1.807) is 0 Å². The number of hydrogen-bond acceptors (Lipinski definition) is 3. The van der Waals surface area contributed by atoms with Crippen molar-refractivity contribution in [3.8, 4) is 0 Å². The van der Waals surface area contributed by atoms with Crippen molar-refractivity contribution in [3.05, 3.63) is 11.9 Å². The molecule has 0 radical (unpaired) electrons. The number of imidazole rings is 1. The summed E-state index contributed by atoms with van der Waals surface area (Å²) in [6, 6.07) is 0. The number of hydrogen-bond donors (Lipinski definition) is 2. The van der Waals surface area contributed by atoms with Gasteiger partial charge in [-0.05, 0) is 0 Å². The van der Waals surface area contributed by atoms with Gasteiger partial charge in [0.1, 0.15) is 11.9 Å². The van der Waals surface area contributed by atoms with Gasteiger partial charge < -0.3 is 9.66 Å². The molecule has 1 atom stereocenters. The van der Waals surface area contributed by atoms with Crippen molar-refractivity contribution in [2.24, 2.45) is 0 Å². The Kier molecular flexibility index (Phi) is 2.16. The molecule has 60 valence electrons. The largest absolute Gasteiger partial charge is 0.609 e. The maximum atomic E-state index is 10.7. The molecule has 1 unspecified atom stereocenters. The molecular formula is C5H6N2O3S. The molecule has 0 aromatic carbocycles. The Hall–Kier alpha value is -1.01. The number of aromatic nitrogens is 2. The van der Waals surface area contributed by atoms with Crippen molar-refractivity contribution in [1.29, 1.82) is 0 Å². The average molecular weight is 174 g/mol. The summed E-state index contributed by atoms with van der Waals surface area (Å²) >= 11 is -1.25. The Morgan fingerprint density at radius 3 is 2.82 bits per heavy atom. The third-order valence-corrected chi connectivity index (χ3v) is 1.81. The number of carboxylic acids is 1. The predicted molar refractivity (Wildman–Crippen MR) is 37.9 cm³/mol. The highest BCUT2D eigenvalue weighted by molar-refractivity contribution is 7.90. The van der Waals surface area contributed by atoms with E-state index in [2.05, 4.69) is 9.97 Å². The Labute approximate surface area is 65.6 Å². The van der Waals surface area contributed by atoms with E-state index in [0.717, 1.165) is 6.20 Å². The molecule has 0 fully saturated rings. The molecule has 0 aliphatic rings. The van der Waals surface area contributed by atoms with Gasteiger partial charge in [0.25, 0.3) is 0 Å². The summed E-state index contributed by atoms with van der Waals surface area (Å²) in [6.07, 6.45) is 2.56. The molecule has 0 saturated heterocycles. The molecule has 6 heteroatoms. The standard InChI is InChI=1S/C5H6N2O3S/c1-11(10)5-6-2-3(7-5)4(8)9/h2H,1H3,(H,6,7)(H,8,9). The number of H-pyrrole nitrogens is 1. The molecule has 0 aliphatic heterocycles. The zero-order valence-corrected chi connectivity index (χ0v) is 6.51. The predicted octanol–water partition coefficient (Wildman–Crippen LogP) is -0.155. The summed E-state index contributed by atoms with van der Waals surface area (Å²) in [7, 11) is 0. The summed E-state index contributed by atoms with van der Waals surface area (Å²) in [5.41, 5.74) is -0.0461. The lowest BCUT2D eigenvalue weighted by Crippen LogP contribution is -2.01. The lowest BCUT2D eigenvalue weighted by atomic mass is 10.5. The van der Waals surface area contributed by atoms with E-state index in [9.17, 15) is 9.35 Å². The monoisotopic (exact) mass is 174 g/mol. The molecule has 2 N–H and O–H groups in total. The molecule has 1 aromatic heterocycles. The summed E-state index contributed by atoms with van der Waals surface area (Å²) in [6.45, 7) is 0. The van der Waals surface area contributed by atoms with Crippen molar-refractivity contribution in [2.75, 3.05) is 6.26 Å². The number of carbonyl (C=O) groups is 1. The molecule has 0 amide bonds. The van der Waals surface area contributed by atoms with Gasteiger partial charge in [0.2, 0.25) is 0 Å². The van der Waals surface area contributed by atoms with Gasteiger partial charge >= 0.3 is 11.1 Å². The van der Waals surface area contributed by atoms with Crippen LogP contribution in [0.4, 0.5) is 0 Å². The maximum Gasteiger partial charge on any atom is 0.354 e. The van der Waals surface area contributed by atoms with Crippen LogP contribution in [0.1, 0.15) is 10.5 Å². The van der Waals surface area contributed by atoms with Gasteiger partial charge in [0, 0.05) is 11.2 Å². The number of aromatic carboxylic acids is 1. The molecule has 0 bridgehead atoms. The van der Waals surface area contributed by atoms with Gasteiger partial charge in [-0.15, -0.1) is 0 Å². The summed E-state index contributed by atoms with van der Waals surface area (Å²) < 4.78 is 10.7. The van der Waals surface area contributed by atoms with Crippen LogP contribution < -0.4 is 0 Å². The molecule has 0 aliphatic carbocycles. The van der Waals surface area contributed by atoms with Crippen molar-refractivity contribution >= 4 is 17.1 Å². The second-order valence-corrected chi connectivity index (χ2v) is 3.16. The quantitative estimate of drug-likeness (QED) is 0.610. The first-order valence-electron chi connectivity index (χ1n) is 2.73. The normalized spacial score (nSPS) is 12.9. The van der Waals surface area contributed by atoms with Crippen LogP contribution in [0.2, 0.25) is 0 Å². The van der Waals surface area contributed by atoms with Gasteiger partial charge in [-0.1, -0.05) is 0 Å². The third-order valence-electron chi connectivity index (χ3n) is 1.06. The van der Waals surface area contributed by atoms with Crippen molar-refractivity contribution < 1.29 is 14.5 Å². The summed E-state index contributed by atoms with van der Waals surface area (Å²) in [4.78, 5) is 16.3. The van der Waals surface area contributed by atoms with E-state index in [-0.39, 0.29) is 10.9 Å². The number of nitrogens with one attached hydrogen (secondary N) is 1. The van der Waals surface area contributed by atoms with Gasteiger partial charge in [0.05, 0.1) is 6.20 Å². The maximum absolute atomic E-state index is 10.7. The van der Waals surface area contributed by atoms with Crippen LogP contribution in [0.25, 0.3) is 0 Å². The van der Waals surface area contributed by atoms with E-state index in [1.807, 2.05) is 0 Å². The van der Waals surface area contributed by atoms with Crippen LogP contribution in [0.15, 0.2) is 11.4 Å². The van der Waals surface area contributed by atoms with Crippen LogP contribution in [-0.2, 0) is 11.2 Å². The molecule has 11 heavy (non-hydrogen) atoms. The molecule has 5 nitrogen and oxygen atoms in total. The van der Waals surface area contributed by atoms with E-state index in [1.165, 1.54) is 6.26 Å². The minimum Gasteiger partial charge on any atom is -0.609 e. The third kappa shape index (κ3) is 1.72. The highest BCUT2D eigenvalue weighted by atomic mass is 32.2. The van der Waals surface area contributed by atoms with Gasteiger partial charge in [-0.3, -0.25) is 4.98 Å². The average Bonchev–Trinajstić information content (AvgIpc) is 2.33. The molecule has 1 rings (SSSR count). The lowest BCUT2D eigenvalue weighted by Gasteiger charge is -1.96. The Balaban J connectivity index is 2.90. The highest BCUT2D eigenvalue weighted by Crippen LogP contribution is 2.03. The van der Waals surface area contributed by atoms with Crippen LogP contribution in [0.3, 0.4) is 0 Å². The van der Waals surface area contributed by atoms with Gasteiger partial charge in [-0.25, -0.2) is 4.79 Å². The molecule has 1 heterocycles. The molecule has 0 saturated carbocycles. The fourth-order valence-electron chi connectivity index (χ4n) is 0.558. The second-order valence-electron chi connectivity index (χ2n) is 1.86. The topological polar surface area (TPSA) is 89.0 Å². The smallest absolute Gasteiger partial charge is 0.354 e. The number of carboxylic acid groups (broad SMARTS) is 1. The number of nitrogens with zero attached hydrogens (tertiary/aromatic N) is 1. The minimum absolute atomic E-state index is 0.0461. The van der Waals surface area contributed by atoms with E-state index >= 15 is 0 Å². The van der Waals surface area contributed by atoms with Crippen LogP contribution in [0, 0.1) is 0 Å². The first-order valence-corrected chi connectivity index (χ1v) is 4.29. The minimum atomic E-state index is -1.25. The van der Waals surface area contributed by atoms with Crippen molar-refractivity contribution in [3.63, 3.8) is 0 Å². The zero-order chi connectivity index (χ0) is 8.43. The van der Waals surface area contributed by atoms with Crippen molar-refractivity contribution in [2.45, 2.75) is 5.16 Å². The molecule has 1 aromatic rings. The SMILES string of the molecule is C[S+]([O-])c1ncc(C(=O)O)[nH]1. The second kappa shape index (κ2) is 2.93. The van der Waals surface area contributed by atoms with Gasteiger partial charge in [0.15, 0.2) is 0 Å². The first-order chi connectivity index (χ1) is 5.11. The van der Waals surface area contributed by atoms with E-state index in [0.29, 0.717) is 0 Å². The number of aromatic amines is 1. The van der Waals surface area contributed by atoms with E-state index in [4.69, 9.17) is 5.11 Å². The zero-order valence-electron chi connectivity index (χ0n) is 5.70. The molecular weight excluding hydrogens is 168 g/mol. The summed E-state index contributed by atoms with van der Waals surface area (Å²) in [5, 5.41) is 8.59. The van der Waals surface area contributed by atoms with Gasteiger partial charge in [-0.2, -0.15) is 4.98 Å².